The molecule has 0 saturated carbocycles. The number of benzene rings is 1. The number of halogens is 1. The fraction of sp³-hybridized carbons (Fsp3) is 0.375. The topological polar surface area (TPSA) is 68.4 Å². The predicted octanol–water partition coefficient (Wildman–Crippen LogP) is 3.31. The number of nitrogens with one attached hydrogen (secondary N) is 1. The summed E-state index contributed by atoms with van der Waals surface area (Å²) in [4.78, 5) is 27.5. The minimum absolute atomic E-state index is 0.0356. The first kappa shape index (κ1) is 15.2. The van der Waals surface area contributed by atoms with E-state index in [9.17, 15) is 9.59 Å². The summed E-state index contributed by atoms with van der Waals surface area (Å²) in [7, 11) is 1.35. The number of esters is 1. The van der Waals surface area contributed by atoms with Gasteiger partial charge in [-0.2, -0.15) is 0 Å². The van der Waals surface area contributed by atoms with Gasteiger partial charge in [0, 0.05) is 15.4 Å². The first-order valence-corrected chi connectivity index (χ1v) is 7.86. The summed E-state index contributed by atoms with van der Waals surface area (Å²) < 4.78 is 11.4. The van der Waals surface area contributed by atoms with E-state index in [0.29, 0.717) is 17.7 Å². The maximum Gasteiger partial charge on any atom is 0.308 e. The largest absolute Gasteiger partial charge is 0.469 e. The molecule has 116 valence electrons. The Morgan fingerprint density at radius 2 is 2.27 bits per heavy atom. The van der Waals surface area contributed by atoms with Gasteiger partial charge in [0.25, 0.3) is 0 Å². The molecule has 1 aromatic carbocycles. The molecule has 0 saturated heterocycles. The van der Waals surface area contributed by atoms with Crippen LogP contribution in [0.25, 0.3) is 10.9 Å². The molecule has 0 fully saturated rings. The number of carbonyl (C=O) groups is 2. The lowest BCUT2D eigenvalue weighted by Crippen LogP contribution is -2.40. The molecule has 1 aromatic heterocycles. The highest BCUT2D eigenvalue weighted by molar-refractivity contribution is 9.10. The lowest BCUT2D eigenvalue weighted by Gasteiger charge is -2.35. The second kappa shape index (κ2) is 5.52. The second-order valence-corrected chi connectivity index (χ2v) is 6.20. The molecule has 22 heavy (non-hydrogen) atoms. The molecule has 0 amide bonds. The molecule has 1 aliphatic heterocycles. The average Bonchev–Trinajstić information content (AvgIpc) is 2.92. The SMILES string of the molecule is CCC1(CC(=O)OC)OCC(=O)c2c1[nH]c1cccc(Br)c21. The van der Waals surface area contributed by atoms with Crippen LogP contribution in [0.15, 0.2) is 22.7 Å². The Hall–Kier alpha value is -1.66. The van der Waals surface area contributed by atoms with E-state index in [1.54, 1.807) is 0 Å². The lowest BCUT2D eigenvalue weighted by atomic mass is 9.86. The Morgan fingerprint density at radius 1 is 1.50 bits per heavy atom. The van der Waals surface area contributed by atoms with Gasteiger partial charge in [0.05, 0.1) is 24.8 Å². The molecule has 0 bridgehead atoms. The summed E-state index contributed by atoms with van der Waals surface area (Å²) >= 11 is 3.50. The number of Topliss-reactive ketones (excluding diaryl/α,β-unsaturated/α-hetero) is 1. The molecule has 1 aliphatic rings. The second-order valence-electron chi connectivity index (χ2n) is 5.35. The highest BCUT2D eigenvalue weighted by Crippen LogP contribution is 2.43. The van der Waals surface area contributed by atoms with Crippen molar-refractivity contribution in [2.45, 2.75) is 25.4 Å². The van der Waals surface area contributed by atoms with Crippen LogP contribution in [0.2, 0.25) is 0 Å². The maximum atomic E-state index is 12.4. The third-order valence-corrected chi connectivity index (χ3v) is 4.88. The Morgan fingerprint density at radius 3 is 2.95 bits per heavy atom. The van der Waals surface area contributed by atoms with Crippen LogP contribution >= 0.6 is 15.9 Å². The minimum Gasteiger partial charge on any atom is -0.469 e. The first-order valence-electron chi connectivity index (χ1n) is 7.07. The Labute approximate surface area is 136 Å². The van der Waals surface area contributed by atoms with Crippen molar-refractivity contribution in [3.05, 3.63) is 33.9 Å². The standard InChI is InChI=1S/C16H16BrNO4/c1-3-16(7-12(20)21-2)15-14(11(19)8-22-16)13-9(17)5-4-6-10(13)18-15/h4-6,18H,3,7-8H2,1-2H3. The van der Waals surface area contributed by atoms with Gasteiger partial charge in [-0.15, -0.1) is 0 Å². The van der Waals surface area contributed by atoms with Crippen molar-refractivity contribution < 1.29 is 19.1 Å². The van der Waals surface area contributed by atoms with Crippen LogP contribution in [-0.2, 0) is 19.9 Å². The maximum absolute atomic E-state index is 12.4. The molecule has 6 heteroatoms. The van der Waals surface area contributed by atoms with E-state index in [0.717, 1.165) is 15.4 Å². The zero-order valence-electron chi connectivity index (χ0n) is 12.4. The normalized spacial score (nSPS) is 21.0. The molecule has 2 aromatic rings. The predicted molar refractivity (Wildman–Crippen MR) is 84.9 cm³/mol. The van der Waals surface area contributed by atoms with Crippen LogP contribution < -0.4 is 0 Å². The summed E-state index contributed by atoms with van der Waals surface area (Å²) in [6, 6.07) is 5.70. The van der Waals surface area contributed by atoms with Crippen molar-refractivity contribution in [1.29, 1.82) is 0 Å². The molecular weight excluding hydrogens is 350 g/mol. The van der Waals surface area contributed by atoms with Crippen molar-refractivity contribution in [3.8, 4) is 0 Å². The number of hydrogen-bond donors (Lipinski definition) is 1. The van der Waals surface area contributed by atoms with Gasteiger partial charge in [-0.25, -0.2) is 0 Å². The molecule has 1 unspecified atom stereocenters. The number of H-pyrrole nitrogens is 1. The van der Waals surface area contributed by atoms with Gasteiger partial charge >= 0.3 is 5.97 Å². The molecule has 1 atom stereocenters. The van der Waals surface area contributed by atoms with E-state index >= 15 is 0 Å². The van der Waals surface area contributed by atoms with Gasteiger partial charge < -0.3 is 14.5 Å². The summed E-state index contributed by atoms with van der Waals surface area (Å²) in [6.45, 7) is 1.90. The number of rotatable bonds is 3. The molecule has 0 radical (unpaired) electrons. The number of carbonyl (C=O) groups excluding carboxylic acids is 2. The van der Waals surface area contributed by atoms with E-state index < -0.39 is 5.60 Å². The number of fused-ring (bicyclic) bond motifs is 3. The molecule has 0 spiro atoms. The molecule has 2 heterocycles. The highest BCUT2D eigenvalue weighted by atomic mass is 79.9. The highest BCUT2D eigenvalue weighted by Gasteiger charge is 2.44. The number of ketones is 1. The quantitative estimate of drug-likeness (QED) is 0.847. The van der Waals surface area contributed by atoms with E-state index in [1.165, 1.54) is 7.11 Å². The van der Waals surface area contributed by atoms with Crippen LogP contribution in [0.1, 0.15) is 35.8 Å². The van der Waals surface area contributed by atoms with Crippen molar-refractivity contribution in [3.63, 3.8) is 0 Å². The van der Waals surface area contributed by atoms with Gasteiger partial charge in [0.2, 0.25) is 0 Å². The first-order chi connectivity index (χ1) is 10.5. The Balaban J connectivity index is 2.26. The van der Waals surface area contributed by atoms with Gasteiger partial charge in [-0.3, -0.25) is 9.59 Å². The number of aromatic amines is 1. The summed E-state index contributed by atoms with van der Waals surface area (Å²) in [5.74, 6) is -0.443. The van der Waals surface area contributed by atoms with Gasteiger partial charge in [0.15, 0.2) is 5.78 Å². The molecule has 3 rings (SSSR count). The third kappa shape index (κ3) is 2.18. The Bertz CT molecular complexity index is 767. The van der Waals surface area contributed by atoms with Crippen LogP contribution in [0.5, 0.6) is 0 Å². The smallest absolute Gasteiger partial charge is 0.308 e. The Kier molecular flexibility index (Phi) is 3.82. The number of methoxy groups -OCH3 is 1. The number of ether oxygens (including phenoxy) is 2. The van der Waals surface area contributed by atoms with E-state index in [-0.39, 0.29) is 24.8 Å². The van der Waals surface area contributed by atoms with Crippen molar-refractivity contribution in [2.75, 3.05) is 13.7 Å². The van der Waals surface area contributed by atoms with Crippen LogP contribution in [0.3, 0.4) is 0 Å². The summed E-state index contributed by atoms with van der Waals surface area (Å²) in [5, 5.41) is 0.841. The summed E-state index contributed by atoms with van der Waals surface area (Å²) in [6.07, 6.45) is 0.636. The molecule has 0 aliphatic carbocycles. The zero-order valence-corrected chi connectivity index (χ0v) is 14.0. The van der Waals surface area contributed by atoms with Crippen LogP contribution in [-0.4, -0.2) is 30.5 Å². The molecular formula is C16H16BrNO4. The molecule has 5 nitrogen and oxygen atoms in total. The van der Waals surface area contributed by atoms with Gasteiger partial charge in [0.1, 0.15) is 12.2 Å². The van der Waals surface area contributed by atoms with E-state index in [4.69, 9.17) is 9.47 Å². The third-order valence-electron chi connectivity index (χ3n) is 4.22. The number of aromatic nitrogens is 1. The summed E-state index contributed by atoms with van der Waals surface area (Å²) in [5.41, 5.74) is 1.27. The lowest BCUT2D eigenvalue weighted by molar-refractivity contribution is -0.150. The average molecular weight is 366 g/mol. The minimum atomic E-state index is -0.852. The zero-order chi connectivity index (χ0) is 15.9. The van der Waals surface area contributed by atoms with Gasteiger partial charge in [-0.1, -0.05) is 28.9 Å². The monoisotopic (exact) mass is 365 g/mol. The fourth-order valence-corrected chi connectivity index (χ4v) is 3.59. The van der Waals surface area contributed by atoms with Crippen LogP contribution in [0.4, 0.5) is 0 Å². The number of hydrogen-bond acceptors (Lipinski definition) is 4. The fourth-order valence-electron chi connectivity index (χ4n) is 3.02. The van der Waals surface area contributed by atoms with Gasteiger partial charge in [-0.05, 0) is 18.6 Å². The van der Waals surface area contributed by atoms with Crippen molar-refractivity contribution >= 4 is 38.6 Å². The van der Waals surface area contributed by atoms with Crippen molar-refractivity contribution in [1.82, 2.24) is 4.98 Å². The molecule has 1 N–H and O–H groups in total. The van der Waals surface area contributed by atoms with E-state index in [1.807, 2.05) is 25.1 Å². The van der Waals surface area contributed by atoms with E-state index in [2.05, 4.69) is 20.9 Å². The van der Waals surface area contributed by atoms with Crippen LogP contribution in [0, 0.1) is 0 Å². The van der Waals surface area contributed by atoms with Crippen molar-refractivity contribution in [2.24, 2.45) is 0 Å².